The van der Waals surface area contributed by atoms with Gasteiger partial charge in [0, 0.05) is 20.8 Å². The van der Waals surface area contributed by atoms with Crippen LogP contribution in [0.4, 0.5) is 0 Å². The molecule has 5 nitrogen and oxygen atoms in total. The lowest BCUT2D eigenvalue weighted by atomic mass is 9.79. The number of fused-ring (bicyclic) bond motifs is 1. The van der Waals surface area contributed by atoms with E-state index in [1.165, 1.54) is 18.3 Å². The molecule has 2 heterocycles. The van der Waals surface area contributed by atoms with E-state index in [0.717, 1.165) is 25.7 Å². The van der Waals surface area contributed by atoms with Crippen molar-refractivity contribution in [1.29, 1.82) is 0 Å². The largest absolute Gasteiger partial charge is 0.381 e. The van der Waals surface area contributed by atoms with Crippen molar-refractivity contribution in [3.63, 3.8) is 0 Å². The summed E-state index contributed by atoms with van der Waals surface area (Å²) in [5.74, 6) is 0.00185. The molecule has 0 N–H and O–H groups in total. The van der Waals surface area contributed by atoms with E-state index < -0.39 is 0 Å². The van der Waals surface area contributed by atoms with Crippen LogP contribution in [0.15, 0.2) is 12.1 Å². The molecule has 1 aliphatic heterocycles. The maximum atomic E-state index is 12.9. The van der Waals surface area contributed by atoms with Crippen LogP contribution in [0.1, 0.15) is 52.0 Å². The van der Waals surface area contributed by atoms with Gasteiger partial charge in [-0.1, -0.05) is 0 Å². The number of methoxy groups -OCH3 is 2. The van der Waals surface area contributed by atoms with Crippen molar-refractivity contribution in [1.82, 2.24) is 4.90 Å². The fourth-order valence-electron chi connectivity index (χ4n) is 3.90. The standard InChI is InChI=1S/C17H23NO4S/c1-11(19)13-4-5-14(23-13)16(20)18-9-8-17(22-3)7-6-12(21-2)10-15(17)18/h4-5,12,15H,6-10H2,1-3H3. The van der Waals surface area contributed by atoms with Crippen molar-refractivity contribution in [2.75, 3.05) is 20.8 Å². The maximum Gasteiger partial charge on any atom is 0.264 e. The molecule has 1 saturated carbocycles. The monoisotopic (exact) mass is 337 g/mol. The first-order valence-electron chi connectivity index (χ1n) is 8.00. The van der Waals surface area contributed by atoms with E-state index in [9.17, 15) is 9.59 Å². The Morgan fingerprint density at radius 2 is 2.00 bits per heavy atom. The summed E-state index contributed by atoms with van der Waals surface area (Å²) in [5.41, 5.74) is -0.245. The van der Waals surface area contributed by atoms with Gasteiger partial charge in [0.2, 0.25) is 0 Å². The first-order valence-corrected chi connectivity index (χ1v) is 8.82. The molecule has 6 heteroatoms. The van der Waals surface area contributed by atoms with E-state index in [1.807, 2.05) is 4.90 Å². The van der Waals surface area contributed by atoms with Crippen LogP contribution < -0.4 is 0 Å². The highest BCUT2D eigenvalue weighted by molar-refractivity contribution is 7.15. The molecular weight excluding hydrogens is 314 g/mol. The van der Waals surface area contributed by atoms with Gasteiger partial charge in [-0.25, -0.2) is 0 Å². The molecule has 2 aliphatic rings. The number of ketones is 1. The molecule has 2 fully saturated rings. The van der Waals surface area contributed by atoms with E-state index in [0.29, 0.717) is 16.3 Å². The van der Waals surface area contributed by atoms with Crippen LogP contribution >= 0.6 is 11.3 Å². The number of carbonyl (C=O) groups is 2. The molecule has 23 heavy (non-hydrogen) atoms. The van der Waals surface area contributed by atoms with Crippen LogP contribution in [0, 0.1) is 0 Å². The zero-order chi connectivity index (χ0) is 16.6. The van der Waals surface area contributed by atoms with Crippen molar-refractivity contribution in [2.45, 2.75) is 50.4 Å². The molecule has 3 rings (SSSR count). The molecule has 126 valence electrons. The average molecular weight is 337 g/mol. The Bertz CT molecular complexity index is 613. The predicted octanol–water partition coefficient (Wildman–Crippen LogP) is 2.75. The molecule has 1 amide bonds. The maximum absolute atomic E-state index is 12.9. The zero-order valence-corrected chi connectivity index (χ0v) is 14.6. The summed E-state index contributed by atoms with van der Waals surface area (Å²) in [6.45, 7) is 2.22. The summed E-state index contributed by atoms with van der Waals surface area (Å²) in [4.78, 5) is 27.6. The van der Waals surface area contributed by atoms with Gasteiger partial charge < -0.3 is 14.4 Å². The zero-order valence-electron chi connectivity index (χ0n) is 13.8. The first kappa shape index (κ1) is 16.6. The molecular formula is C17H23NO4S. The highest BCUT2D eigenvalue weighted by Crippen LogP contribution is 2.43. The highest BCUT2D eigenvalue weighted by Gasteiger charge is 2.52. The number of thiophene rings is 1. The van der Waals surface area contributed by atoms with Gasteiger partial charge >= 0.3 is 0 Å². The van der Waals surface area contributed by atoms with Gasteiger partial charge in [-0.15, -0.1) is 11.3 Å². The van der Waals surface area contributed by atoms with Crippen LogP contribution in [0.2, 0.25) is 0 Å². The molecule has 1 aliphatic carbocycles. The van der Waals surface area contributed by atoms with Gasteiger partial charge in [0.15, 0.2) is 5.78 Å². The number of hydrogen-bond acceptors (Lipinski definition) is 5. The molecule has 1 saturated heterocycles. The van der Waals surface area contributed by atoms with Gasteiger partial charge in [-0.3, -0.25) is 9.59 Å². The second kappa shape index (κ2) is 6.34. The minimum Gasteiger partial charge on any atom is -0.381 e. The average Bonchev–Trinajstić information content (AvgIpc) is 3.19. The number of likely N-dealkylation sites (tertiary alicyclic amines) is 1. The van der Waals surface area contributed by atoms with Gasteiger partial charge in [-0.2, -0.15) is 0 Å². The van der Waals surface area contributed by atoms with Crippen LogP contribution in [-0.2, 0) is 9.47 Å². The lowest BCUT2D eigenvalue weighted by molar-refractivity contribution is -0.0893. The Morgan fingerprint density at radius 1 is 1.26 bits per heavy atom. The lowest BCUT2D eigenvalue weighted by Crippen LogP contribution is -2.53. The Labute approximate surface area is 140 Å². The SMILES string of the molecule is COC1CCC2(OC)CCN(C(=O)c3ccc(C(C)=O)s3)C2C1. The second-order valence-corrected chi connectivity index (χ2v) is 7.47. The van der Waals surface area contributed by atoms with E-state index in [1.54, 1.807) is 26.4 Å². The van der Waals surface area contributed by atoms with Crippen LogP contribution in [0.5, 0.6) is 0 Å². The molecule has 3 unspecified atom stereocenters. The van der Waals surface area contributed by atoms with Crippen molar-refractivity contribution in [3.05, 3.63) is 21.9 Å². The predicted molar refractivity (Wildman–Crippen MR) is 88.2 cm³/mol. The van der Waals surface area contributed by atoms with E-state index in [2.05, 4.69) is 0 Å². The van der Waals surface area contributed by atoms with Crippen LogP contribution in [0.25, 0.3) is 0 Å². The van der Waals surface area contributed by atoms with E-state index >= 15 is 0 Å². The van der Waals surface area contributed by atoms with Crippen molar-refractivity contribution < 1.29 is 19.1 Å². The molecule has 1 aromatic heterocycles. The smallest absolute Gasteiger partial charge is 0.264 e. The topological polar surface area (TPSA) is 55.8 Å². The molecule has 3 atom stereocenters. The minimum atomic E-state index is -0.245. The highest BCUT2D eigenvalue weighted by atomic mass is 32.1. The number of nitrogens with zero attached hydrogens (tertiary/aromatic N) is 1. The summed E-state index contributed by atoms with van der Waals surface area (Å²) in [5, 5.41) is 0. The molecule has 0 spiro atoms. The number of Topliss-reactive ketones (excluding diaryl/α,β-unsaturated/α-hetero) is 1. The Kier molecular flexibility index (Phi) is 4.58. The number of rotatable bonds is 4. The van der Waals surface area contributed by atoms with Gasteiger partial charge in [0.05, 0.1) is 27.5 Å². The number of hydrogen-bond donors (Lipinski definition) is 0. The summed E-state index contributed by atoms with van der Waals surface area (Å²) < 4.78 is 11.4. The number of amides is 1. The van der Waals surface area contributed by atoms with Gasteiger partial charge in [-0.05, 0) is 44.7 Å². The van der Waals surface area contributed by atoms with E-state index in [4.69, 9.17) is 9.47 Å². The van der Waals surface area contributed by atoms with Gasteiger partial charge in [0.1, 0.15) is 0 Å². The Hall–Kier alpha value is -1.24. The Balaban J connectivity index is 1.83. The third-order valence-electron chi connectivity index (χ3n) is 5.30. The molecule has 0 aromatic carbocycles. The summed E-state index contributed by atoms with van der Waals surface area (Å²) >= 11 is 1.28. The fraction of sp³-hybridized carbons (Fsp3) is 0.647. The lowest BCUT2D eigenvalue weighted by Gasteiger charge is -2.43. The van der Waals surface area contributed by atoms with Crippen molar-refractivity contribution >= 4 is 23.0 Å². The minimum absolute atomic E-state index is 0.00109. The summed E-state index contributed by atoms with van der Waals surface area (Å²) in [6, 6.07) is 3.54. The van der Waals surface area contributed by atoms with Crippen LogP contribution in [0.3, 0.4) is 0 Å². The van der Waals surface area contributed by atoms with E-state index in [-0.39, 0.29) is 29.4 Å². The fourth-order valence-corrected chi connectivity index (χ4v) is 4.76. The molecule has 0 radical (unpaired) electrons. The third-order valence-corrected chi connectivity index (χ3v) is 6.47. The summed E-state index contributed by atoms with van der Waals surface area (Å²) in [6.07, 6.45) is 3.73. The van der Waals surface area contributed by atoms with Crippen molar-refractivity contribution in [2.24, 2.45) is 0 Å². The quantitative estimate of drug-likeness (QED) is 0.793. The third kappa shape index (κ3) is 2.84. The first-order chi connectivity index (χ1) is 11.0. The molecule has 0 bridgehead atoms. The molecule has 1 aromatic rings. The van der Waals surface area contributed by atoms with Crippen LogP contribution in [-0.4, -0.2) is 55.1 Å². The van der Waals surface area contributed by atoms with Crippen molar-refractivity contribution in [3.8, 4) is 0 Å². The Morgan fingerprint density at radius 3 is 2.61 bits per heavy atom. The summed E-state index contributed by atoms with van der Waals surface area (Å²) in [7, 11) is 3.47. The second-order valence-electron chi connectivity index (χ2n) is 6.39. The van der Waals surface area contributed by atoms with Gasteiger partial charge in [0.25, 0.3) is 5.91 Å². The number of ether oxygens (including phenoxy) is 2. The normalized spacial score (nSPS) is 30.3. The number of carbonyl (C=O) groups excluding carboxylic acids is 2.